The van der Waals surface area contributed by atoms with Crippen LogP contribution in [0.2, 0.25) is 0 Å². The molecule has 1 aliphatic heterocycles. The van der Waals surface area contributed by atoms with Gasteiger partial charge in [-0.05, 0) is 47.9 Å². The van der Waals surface area contributed by atoms with E-state index in [9.17, 15) is 18.0 Å². The summed E-state index contributed by atoms with van der Waals surface area (Å²) in [4.78, 5) is 23.5. The summed E-state index contributed by atoms with van der Waals surface area (Å²) < 4.78 is 42.1. The summed E-state index contributed by atoms with van der Waals surface area (Å²) in [6.45, 7) is 1.18. The monoisotopic (exact) mass is 578 g/mol. The number of nitrogens with zero attached hydrogens (tertiary/aromatic N) is 6. The lowest BCUT2D eigenvalue weighted by Crippen LogP contribution is -2.36. The first-order valence-corrected chi connectivity index (χ1v) is 14.2. The van der Waals surface area contributed by atoms with Gasteiger partial charge in [0, 0.05) is 36.4 Å². The SMILES string of the molecule is O=C(c1csc(CSc2nnc(-c3ccncc3)n2-c2cccc(C(F)(F)F)c2)n1)N1CCc2ccccc2C1. The third-order valence-electron chi connectivity index (χ3n) is 6.52. The number of hydrogen-bond donors (Lipinski definition) is 0. The fourth-order valence-electron chi connectivity index (χ4n) is 4.54. The van der Waals surface area contributed by atoms with Crippen LogP contribution in [0, 0.1) is 0 Å². The molecule has 40 heavy (non-hydrogen) atoms. The van der Waals surface area contributed by atoms with Crippen molar-refractivity contribution in [1.82, 2.24) is 29.6 Å². The Kier molecular flexibility index (Phi) is 7.11. The van der Waals surface area contributed by atoms with Crippen LogP contribution in [0.25, 0.3) is 17.1 Å². The van der Waals surface area contributed by atoms with Crippen LogP contribution < -0.4 is 0 Å². The molecule has 1 amide bonds. The molecule has 202 valence electrons. The van der Waals surface area contributed by atoms with E-state index in [0.29, 0.717) is 46.1 Å². The summed E-state index contributed by atoms with van der Waals surface area (Å²) in [6, 6.07) is 16.6. The minimum Gasteiger partial charge on any atom is -0.333 e. The largest absolute Gasteiger partial charge is 0.416 e. The number of benzene rings is 2. The van der Waals surface area contributed by atoms with E-state index in [4.69, 9.17) is 0 Å². The third-order valence-corrected chi connectivity index (χ3v) is 8.49. The van der Waals surface area contributed by atoms with Crippen LogP contribution in [-0.2, 0) is 24.9 Å². The third kappa shape index (κ3) is 5.36. The molecule has 2 aromatic carbocycles. The molecule has 0 spiro atoms. The quantitative estimate of drug-likeness (QED) is 0.220. The molecule has 0 saturated carbocycles. The van der Waals surface area contributed by atoms with Gasteiger partial charge in [-0.1, -0.05) is 42.1 Å². The number of amides is 1. The zero-order chi connectivity index (χ0) is 27.7. The summed E-state index contributed by atoms with van der Waals surface area (Å²) in [5.74, 6) is 0.646. The van der Waals surface area contributed by atoms with Crippen molar-refractivity contribution < 1.29 is 18.0 Å². The molecule has 5 aromatic rings. The van der Waals surface area contributed by atoms with Crippen LogP contribution in [0.1, 0.15) is 32.2 Å². The number of hydrogen-bond acceptors (Lipinski definition) is 7. The molecule has 0 atom stereocenters. The molecule has 1 aliphatic rings. The molecule has 12 heteroatoms. The first-order chi connectivity index (χ1) is 19.4. The van der Waals surface area contributed by atoms with E-state index in [0.717, 1.165) is 24.1 Å². The number of thiazole rings is 1. The number of aromatic nitrogens is 5. The first kappa shape index (κ1) is 26.2. The van der Waals surface area contributed by atoms with Gasteiger partial charge in [-0.15, -0.1) is 21.5 Å². The van der Waals surface area contributed by atoms with E-state index in [1.165, 1.54) is 34.7 Å². The molecule has 3 aromatic heterocycles. The summed E-state index contributed by atoms with van der Waals surface area (Å²) in [5.41, 5.74) is 2.98. The van der Waals surface area contributed by atoms with Crippen LogP contribution in [-0.4, -0.2) is 42.1 Å². The standard InChI is InChI=1S/C28H21F3N6OS2/c29-28(30,31)21-6-3-7-22(14-21)37-25(19-8-11-32-12-9-19)34-35-27(37)40-17-24-33-23(16-39-24)26(38)36-13-10-18-4-1-2-5-20(18)15-36/h1-9,11-12,14,16H,10,13,15,17H2. The maximum atomic E-state index is 13.5. The average molecular weight is 579 g/mol. The van der Waals surface area contributed by atoms with Crippen LogP contribution in [0.15, 0.2) is 83.6 Å². The molecule has 0 radical (unpaired) electrons. The molecule has 0 fully saturated rings. The Morgan fingerprint density at radius 3 is 2.60 bits per heavy atom. The van der Waals surface area contributed by atoms with Gasteiger partial charge in [0.25, 0.3) is 5.91 Å². The van der Waals surface area contributed by atoms with Gasteiger partial charge in [-0.3, -0.25) is 14.3 Å². The fourth-order valence-corrected chi connectivity index (χ4v) is 6.28. The second kappa shape index (κ2) is 10.9. The Morgan fingerprint density at radius 1 is 1.00 bits per heavy atom. The van der Waals surface area contributed by atoms with E-state index >= 15 is 0 Å². The topological polar surface area (TPSA) is 76.8 Å². The van der Waals surface area contributed by atoms with Gasteiger partial charge in [0.15, 0.2) is 11.0 Å². The van der Waals surface area contributed by atoms with E-state index < -0.39 is 11.7 Å². The molecule has 7 nitrogen and oxygen atoms in total. The number of fused-ring (bicyclic) bond motifs is 1. The zero-order valence-corrected chi connectivity index (χ0v) is 22.5. The summed E-state index contributed by atoms with van der Waals surface area (Å²) in [6.07, 6.45) is -0.515. The normalized spacial score (nSPS) is 13.3. The molecular weight excluding hydrogens is 557 g/mol. The van der Waals surface area contributed by atoms with Gasteiger partial charge in [0.2, 0.25) is 0 Å². The minimum atomic E-state index is -4.49. The molecule has 6 rings (SSSR count). The van der Waals surface area contributed by atoms with Crippen molar-refractivity contribution in [3.8, 4) is 17.1 Å². The molecular formula is C28H21F3N6OS2. The molecule has 4 heterocycles. The van der Waals surface area contributed by atoms with Crippen molar-refractivity contribution in [3.63, 3.8) is 0 Å². The van der Waals surface area contributed by atoms with Crippen molar-refractivity contribution in [1.29, 1.82) is 0 Å². The van der Waals surface area contributed by atoms with Gasteiger partial charge in [0.1, 0.15) is 10.7 Å². The average Bonchev–Trinajstić information content (AvgIpc) is 3.63. The van der Waals surface area contributed by atoms with Crippen molar-refractivity contribution in [2.45, 2.75) is 30.1 Å². The lowest BCUT2D eigenvalue weighted by Gasteiger charge is -2.28. The molecule has 0 saturated heterocycles. The number of pyridine rings is 1. The minimum absolute atomic E-state index is 0.117. The van der Waals surface area contributed by atoms with E-state index in [2.05, 4.69) is 26.2 Å². The Hall–Kier alpha value is -4.03. The molecule has 0 bridgehead atoms. The van der Waals surface area contributed by atoms with E-state index in [1.54, 1.807) is 45.4 Å². The summed E-state index contributed by atoms with van der Waals surface area (Å²) in [5, 5.41) is 11.4. The number of alkyl halides is 3. The molecule has 0 aliphatic carbocycles. The van der Waals surface area contributed by atoms with E-state index in [1.807, 2.05) is 18.2 Å². The Labute approximate surface area is 235 Å². The highest BCUT2D eigenvalue weighted by molar-refractivity contribution is 7.98. The highest BCUT2D eigenvalue weighted by atomic mass is 32.2. The summed E-state index contributed by atoms with van der Waals surface area (Å²) in [7, 11) is 0. The Morgan fingerprint density at radius 2 is 1.80 bits per heavy atom. The van der Waals surface area contributed by atoms with Crippen LogP contribution >= 0.6 is 23.1 Å². The number of thioether (sulfide) groups is 1. The Balaban J connectivity index is 1.24. The number of carbonyl (C=O) groups excluding carboxylic acids is 1. The van der Waals surface area contributed by atoms with Crippen molar-refractivity contribution in [2.75, 3.05) is 6.54 Å². The maximum Gasteiger partial charge on any atom is 0.416 e. The maximum absolute atomic E-state index is 13.5. The Bertz CT molecular complexity index is 1670. The highest BCUT2D eigenvalue weighted by Gasteiger charge is 2.31. The highest BCUT2D eigenvalue weighted by Crippen LogP contribution is 2.34. The smallest absolute Gasteiger partial charge is 0.333 e. The van der Waals surface area contributed by atoms with Gasteiger partial charge in [-0.25, -0.2) is 4.98 Å². The molecule has 0 N–H and O–H groups in total. The predicted octanol–water partition coefficient (Wildman–Crippen LogP) is 6.30. The second-order valence-electron chi connectivity index (χ2n) is 9.09. The van der Waals surface area contributed by atoms with Gasteiger partial charge in [-0.2, -0.15) is 13.2 Å². The van der Waals surface area contributed by atoms with Crippen LogP contribution in [0.4, 0.5) is 13.2 Å². The molecule has 0 unspecified atom stereocenters. The van der Waals surface area contributed by atoms with E-state index in [-0.39, 0.29) is 11.6 Å². The number of halogens is 3. The fraction of sp³-hybridized carbons (Fsp3) is 0.179. The van der Waals surface area contributed by atoms with Crippen LogP contribution in [0.5, 0.6) is 0 Å². The van der Waals surface area contributed by atoms with Crippen molar-refractivity contribution in [3.05, 3.63) is 106 Å². The predicted molar refractivity (Wildman–Crippen MR) is 146 cm³/mol. The van der Waals surface area contributed by atoms with Gasteiger partial charge in [0.05, 0.1) is 17.0 Å². The van der Waals surface area contributed by atoms with Gasteiger partial charge >= 0.3 is 6.18 Å². The second-order valence-corrected chi connectivity index (χ2v) is 11.0. The first-order valence-electron chi connectivity index (χ1n) is 12.3. The number of carbonyl (C=O) groups is 1. The van der Waals surface area contributed by atoms with Crippen LogP contribution in [0.3, 0.4) is 0 Å². The lowest BCUT2D eigenvalue weighted by atomic mass is 10.00. The number of rotatable bonds is 6. The lowest BCUT2D eigenvalue weighted by molar-refractivity contribution is -0.137. The van der Waals surface area contributed by atoms with Gasteiger partial charge < -0.3 is 4.90 Å². The zero-order valence-electron chi connectivity index (χ0n) is 20.9. The van der Waals surface area contributed by atoms with Crippen molar-refractivity contribution >= 4 is 29.0 Å². The summed E-state index contributed by atoms with van der Waals surface area (Å²) >= 11 is 2.65. The van der Waals surface area contributed by atoms with Crippen molar-refractivity contribution in [2.24, 2.45) is 0 Å².